The number of rotatable bonds is 4. The molecule has 3 N–H and O–H groups in total. The van der Waals surface area contributed by atoms with Crippen molar-refractivity contribution in [3.8, 4) is 0 Å². The average Bonchev–Trinajstić information content (AvgIpc) is 2.16. The van der Waals surface area contributed by atoms with E-state index in [1.807, 2.05) is 13.0 Å². The Morgan fingerprint density at radius 2 is 2.13 bits per heavy atom. The Kier molecular flexibility index (Phi) is 3.72. The van der Waals surface area contributed by atoms with Crippen molar-refractivity contribution in [3.05, 3.63) is 29.3 Å². The predicted molar refractivity (Wildman–Crippen MR) is 63.0 cm³/mol. The highest BCUT2D eigenvalue weighted by Gasteiger charge is 2.04. The van der Waals surface area contributed by atoms with Crippen molar-refractivity contribution < 1.29 is 4.79 Å². The molecule has 0 radical (unpaired) electrons. The molecule has 0 aliphatic heterocycles. The first kappa shape index (κ1) is 11.6. The van der Waals surface area contributed by atoms with Gasteiger partial charge in [0.25, 0.3) is 0 Å². The number of carbonyl (C=O) groups excluding carboxylic acids is 1. The van der Waals surface area contributed by atoms with E-state index in [4.69, 9.17) is 5.73 Å². The Bertz CT molecular complexity index is 359. The minimum atomic E-state index is -0.386. The minimum absolute atomic E-state index is 0.386. The molecular formula is C12H18N2O. The van der Waals surface area contributed by atoms with Gasteiger partial charge in [0.1, 0.15) is 0 Å². The van der Waals surface area contributed by atoms with Gasteiger partial charge in [-0.05, 0) is 30.5 Å². The molecule has 0 saturated carbocycles. The summed E-state index contributed by atoms with van der Waals surface area (Å²) in [5.41, 5.74) is 7.88. The Balaban J connectivity index is 2.85. The van der Waals surface area contributed by atoms with Crippen LogP contribution in [0.25, 0.3) is 0 Å². The van der Waals surface area contributed by atoms with Crippen molar-refractivity contribution in [3.63, 3.8) is 0 Å². The molecule has 1 aromatic rings. The monoisotopic (exact) mass is 206 g/mol. The first-order chi connectivity index (χ1) is 7.00. The zero-order chi connectivity index (χ0) is 11.4. The number of amides is 1. The molecule has 3 heteroatoms. The van der Waals surface area contributed by atoms with Gasteiger partial charge < -0.3 is 11.1 Å². The zero-order valence-electron chi connectivity index (χ0n) is 9.50. The normalized spacial score (nSPS) is 10.4. The van der Waals surface area contributed by atoms with Gasteiger partial charge in [-0.15, -0.1) is 0 Å². The molecule has 1 aromatic carbocycles. The number of hydrogen-bond acceptors (Lipinski definition) is 2. The maximum Gasteiger partial charge on any atom is 0.248 e. The Morgan fingerprint density at radius 3 is 2.67 bits per heavy atom. The number of hydrogen-bond donors (Lipinski definition) is 2. The molecule has 0 fully saturated rings. The van der Waals surface area contributed by atoms with E-state index in [2.05, 4.69) is 19.2 Å². The van der Waals surface area contributed by atoms with Gasteiger partial charge >= 0.3 is 0 Å². The quantitative estimate of drug-likeness (QED) is 0.793. The SMILES string of the molecule is Cc1ccc(C(N)=O)cc1NCC(C)C. The molecular weight excluding hydrogens is 188 g/mol. The van der Waals surface area contributed by atoms with E-state index in [0.29, 0.717) is 11.5 Å². The van der Waals surface area contributed by atoms with Crippen LogP contribution in [-0.4, -0.2) is 12.5 Å². The van der Waals surface area contributed by atoms with Crippen LogP contribution in [0.4, 0.5) is 5.69 Å². The largest absolute Gasteiger partial charge is 0.385 e. The first-order valence-corrected chi connectivity index (χ1v) is 5.15. The molecule has 0 bridgehead atoms. The number of nitrogens with one attached hydrogen (secondary N) is 1. The van der Waals surface area contributed by atoms with Crippen molar-refractivity contribution in [1.29, 1.82) is 0 Å². The molecule has 3 nitrogen and oxygen atoms in total. The maximum absolute atomic E-state index is 11.0. The Labute approximate surface area is 90.7 Å². The van der Waals surface area contributed by atoms with Crippen LogP contribution in [0.1, 0.15) is 29.8 Å². The third kappa shape index (κ3) is 3.27. The number of nitrogens with two attached hydrogens (primary N) is 1. The molecule has 0 saturated heterocycles. The van der Waals surface area contributed by atoms with Gasteiger partial charge in [0.2, 0.25) is 5.91 Å². The number of anilines is 1. The van der Waals surface area contributed by atoms with Gasteiger partial charge in [-0.3, -0.25) is 4.79 Å². The lowest BCUT2D eigenvalue weighted by atomic mass is 10.1. The van der Waals surface area contributed by atoms with E-state index >= 15 is 0 Å². The van der Waals surface area contributed by atoms with Crippen LogP contribution >= 0.6 is 0 Å². The van der Waals surface area contributed by atoms with E-state index in [-0.39, 0.29) is 5.91 Å². The van der Waals surface area contributed by atoms with Crippen LogP contribution in [0.2, 0.25) is 0 Å². The second-order valence-electron chi connectivity index (χ2n) is 4.17. The molecule has 0 aliphatic carbocycles. The number of primary amides is 1. The smallest absolute Gasteiger partial charge is 0.248 e. The van der Waals surface area contributed by atoms with Gasteiger partial charge in [-0.2, -0.15) is 0 Å². The molecule has 0 aliphatic rings. The summed E-state index contributed by atoms with van der Waals surface area (Å²) in [7, 11) is 0. The summed E-state index contributed by atoms with van der Waals surface area (Å²) in [5, 5.41) is 3.30. The lowest BCUT2D eigenvalue weighted by molar-refractivity contribution is 0.100. The second kappa shape index (κ2) is 4.82. The topological polar surface area (TPSA) is 55.1 Å². The molecule has 0 unspecified atom stereocenters. The Morgan fingerprint density at radius 1 is 1.47 bits per heavy atom. The van der Waals surface area contributed by atoms with E-state index < -0.39 is 0 Å². The fraction of sp³-hybridized carbons (Fsp3) is 0.417. The standard InChI is InChI=1S/C12H18N2O/c1-8(2)7-14-11-6-10(12(13)15)5-4-9(11)3/h4-6,8,14H,7H2,1-3H3,(H2,13,15). The highest BCUT2D eigenvalue weighted by molar-refractivity contribution is 5.94. The van der Waals surface area contributed by atoms with Crippen LogP contribution in [0.5, 0.6) is 0 Å². The van der Waals surface area contributed by atoms with E-state index in [1.165, 1.54) is 0 Å². The van der Waals surface area contributed by atoms with Crippen LogP contribution in [0, 0.1) is 12.8 Å². The van der Waals surface area contributed by atoms with Crippen molar-refractivity contribution in [2.24, 2.45) is 11.7 Å². The third-order valence-corrected chi connectivity index (χ3v) is 2.22. The molecule has 1 rings (SSSR count). The van der Waals surface area contributed by atoms with Gasteiger partial charge in [0, 0.05) is 17.8 Å². The van der Waals surface area contributed by atoms with Crippen molar-refractivity contribution in [1.82, 2.24) is 0 Å². The molecule has 0 aromatic heterocycles. The summed E-state index contributed by atoms with van der Waals surface area (Å²) in [4.78, 5) is 11.0. The Hall–Kier alpha value is -1.51. The fourth-order valence-electron chi connectivity index (χ4n) is 1.28. The predicted octanol–water partition coefficient (Wildman–Crippen LogP) is 2.16. The summed E-state index contributed by atoms with van der Waals surface area (Å²) in [6.07, 6.45) is 0. The van der Waals surface area contributed by atoms with Crippen LogP contribution in [0.15, 0.2) is 18.2 Å². The molecule has 82 valence electrons. The first-order valence-electron chi connectivity index (χ1n) is 5.15. The van der Waals surface area contributed by atoms with E-state index in [9.17, 15) is 4.79 Å². The number of carbonyl (C=O) groups is 1. The van der Waals surface area contributed by atoms with Crippen LogP contribution in [0.3, 0.4) is 0 Å². The molecule has 1 amide bonds. The average molecular weight is 206 g/mol. The van der Waals surface area contributed by atoms with Gasteiger partial charge in [0.05, 0.1) is 0 Å². The summed E-state index contributed by atoms with van der Waals surface area (Å²) in [5.74, 6) is 0.184. The van der Waals surface area contributed by atoms with Crippen molar-refractivity contribution >= 4 is 11.6 Å². The number of benzene rings is 1. The molecule has 0 spiro atoms. The molecule has 0 atom stereocenters. The van der Waals surface area contributed by atoms with E-state index in [0.717, 1.165) is 17.8 Å². The van der Waals surface area contributed by atoms with Gasteiger partial charge in [0.15, 0.2) is 0 Å². The van der Waals surface area contributed by atoms with E-state index in [1.54, 1.807) is 12.1 Å². The van der Waals surface area contributed by atoms with Crippen molar-refractivity contribution in [2.45, 2.75) is 20.8 Å². The second-order valence-corrected chi connectivity index (χ2v) is 4.17. The highest BCUT2D eigenvalue weighted by Crippen LogP contribution is 2.16. The fourth-order valence-corrected chi connectivity index (χ4v) is 1.28. The number of aryl methyl sites for hydroxylation is 1. The maximum atomic E-state index is 11.0. The summed E-state index contributed by atoms with van der Waals surface area (Å²) in [6, 6.07) is 5.46. The van der Waals surface area contributed by atoms with Crippen LogP contribution < -0.4 is 11.1 Å². The summed E-state index contributed by atoms with van der Waals surface area (Å²) >= 11 is 0. The molecule has 0 heterocycles. The molecule has 15 heavy (non-hydrogen) atoms. The zero-order valence-corrected chi connectivity index (χ0v) is 9.50. The van der Waals surface area contributed by atoms with Crippen LogP contribution in [-0.2, 0) is 0 Å². The summed E-state index contributed by atoms with van der Waals surface area (Å²) in [6.45, 7) is 7.18. The third-order valence-electron chi connectivity index (χ3n) is 2.22. The highest BCUT2D eigenvalue weighted by atomic mass is 16.1. The summed E-state index contributed by atoms with van der Waals surface area (Å²) < 4.78 is 0. The van der Waals surface area contributed by atoms with Crippen molar-refractivity contribution in [2.75, 3.05) is 11.9 Å². The lowest BCUT2D eigenvalue weighted by Crippen LogP contribution is -2.13. The lowest BCUT2D eigenvalue weighted by Gasteiger charge is -2.12. The van der Waals surface area contributed by atoms with Gasteiger partial charge in [-0.1, -0.05) is 19.9 Å². The van der Waals surface area contributed by atoms with Gasteiger partial charge in [-0.25, -0.2) is 0 Å². The minimum Gasteiger partial charge on any atom is -0.385 e.